The largest absolute Gasteiger partial charge is 1.00 e. The van der Waals surface area contributed by atoms with Gasteiger partial charge >= 0.3 is 0 Å². The smallest absolute Gasteiger partial charge is 0.0623 e. The van der Waals surface area contributed by atoms with Gasteiger partial charge in [-0.3, -0.25) is 0 Å². The molecule has 0 aromatic heterocycles. The van der Waals surface area contributed by atoms with E-state index >= 15 is 0 Å². The van der Waals surface area contributed by atoms with Crippen LogP contribution < -0.4 is 30.3 Å². The molecule has 2 nitrogen and oxygen atoms in total. The number of benzene rings is 1. The number of halogens is 2. The highest BCUT2D eigenvalue weighted by molar-refractivity contribution is 4.99. The molecule has 0 atom stereocenters. The lowest BCUT2D eigenvalue weighted by atomic mass is 10.4. The van der Waals surface area contributed by atoms with Crippen molar-refractivity contribution in [2.24, 2.45) is 0 Å². The topological polar surface area (TPSA) is 47.9 Å². The number of hydrogen-bond donors (Lipinski definition) is 1. The molecule has 2 N–H and O–H groups in total. The third kappa shape index (κ3) is 10.4. The van der Waals surface area contributed by atoms with E-state index in [-0.39, 0.29) is 24.8 Å². The van der Waals surface area contributed by atoms with Gasteiger partial charge in [-0.05, 0) is 0 Å². The number of hydrogen-bond acceptors (Lipinski definition) is 0. The lowest BCUT2D eigenvalue weighted by molar-refractivity contribution is -0.143. The average molecular weight is 179 g/mol. The van der Waals surface area contributed by atoms with E-state index in [9.17, 15) is 0 Å². The highest BCUT2D eigenvalue weighted by Gasteiger charge is 1.57. The fourth-order valence-corrected chi connectivity index (χ4v) is 0.385. The molecule has 4 heteroatoms. The van der Waals surface area contributed by atoms with E-state index in [0.29, 0.717) is 0 Å². The van der Waals surface area contributed by atoms with Crippen LogP contribution in [0.1, 0.15) is 0 Å². The number of nitrogens with zero attached hydrogens (tertiary/aromatic N) is 1. The van der Waals surface area contributed by atoms with Gasteiger partial charge in [0.15, 0.2) is 0 Å². The summed E-state index contributed by atoms with van der Waals surface area (Å²) in [6, 6.07) is 12.0. The molecule has 0 aliphatic heterocycles. The van der Waals surface area contributed by atoms with E-state index in [2.05, 4.69) is 5.53 Å². The van der Waals surface area contributed by atoms with Crippen LogP contribution in [0.5, 0.6) is 0 Å². The summed E-state index contributed by atoms with van der Waals surface area (Å²) in [7, 11) is 0. The number of rotatable bonds is 0. The summed E-state index contributed by atoms with van der Waals surface area (Å²) in [4.78, 5) is 0. The van der Waals surface area contributed by atoms with Crippen molar-refractivity contribution in [1.82, 2.24) is 0 Å². The molecule has 0 fully saturated rings. The van der Waals surface area contributed by atoms with Gasteiger partial charge in [-0.25, -0.2) is 0 Å². The quantitative estimate of drug-likeness (QED) is 0.386. The summed E-state index contributed by atoms with van der Waals surface area (Å²) in [6.07, 6.45) is 0. The third-order valence-electron chi connectivity index (χ3n) is 0.667. The predicted octanol–water partition coefficient (Wildman–Crippen LogP) is -5.54. The van der Waals surface area contributed by atoms with Crippen molar-refractivity contribution in [2.75, 3.05) is 0 Å². The molecule has 0 amide bonds. The maximum atomic E-state index is 6.50. The second kappa shape index (κ2) is 15.8. The third-order valence-corrected chi connectivity index (χ3v) is 0.667. The maximum Gasteiger partial charge on any atom is -0.0623 e. The van der Waals surface area contributed by atoms with Crippen molar-refractivity contribution < 1.29 is 30.3 Å². The summed E-state index contributed by atoms with van der Waals surface area (Å²) in [5.74, 6) is 0. The Morgan fingerprint density at radius 1 is 0.600 bits per heavy atom. The first-order valence-electron chi connectivity index (χ1n) is 2.26. The Balaban J connectivity index is -0.000000114. The first kappa shape index (κ1) is 16.2. The van der Waals surface area contributed by atoms with E-state index in [1.54, 1.807) is 0 Å². The minimum absolute atomic E-state index is 0. The zero-order valence-electron chi connectivity index (χ0n) is 5.24. The maximum absolute atomic E-state index is 6.50. The van der Waals surface area contributed by atoms with Gasteiger partial charge in [0.05, 0.1) is 0 Å². The Labute approximate surface area is 72.8 Å². The molecule has 0 saturated heterocycles. The Bertz CT molecular complexity index is 96.6. The van der Waals surface area contributed by atoms with E-state index in [4.69, 9.17) is 5.53 Å². The highest BCUT2D eigenvalue weighted by atomic mass is 35.5. The Morgan fingerprint density at radius 2 is 0.700 bits per heavy atom. The monoisotopic (exact) mass is 178 g/mol. The molecular formula is C6H8Cl2N2-2. The lowest BCUT2D eigenvalue weighted by Crippen LogP contribution is -3.00. The first-order chi connectivity index (χ1) is 4.00. The number of nitrogens with two attached hydrogens (primary N) is 1. The standard InChI is InChI=1S/C6H6.2ClH.H2N2/c1-2-4-6-5-3-1;;;1-2/h1-6H;2*1H;1H2/p-2. The van der Waals surface area contributed by atoms with Gasteiger partial charge in [-0.15, -0.1) is 0 Å². The molecule has 0 unspecified atom stereocenters. The molecule has 0 aliphatic rings. The SMILES string of the molecule is [Cl-].[Cl-].[N-]=[NH2+].c1ccccc1. The van der Waals surface area contributed by atoms with Gasteiger partial charge in [-0.2, -0.15) is 0 Å². The van der Waals surface area contributed by atoms with Gasteiger partial charge in [0.1, 0.15) is 0 Å². The van der Waals surface area contributed by atoms with Crippen LogP contribution in [0, 0.1) is 0 Å². The van der Waals surface area contributed by atoms with Crippen LogP contribution in [0.4, 0.5) is 0 Å². The van der Waals surface area contributed by atoms with Crippen molar-refractivity contribution in [3.63, 3.8) is 0 Å². The summed E-state index contributed by atoms with van der Waals surface area (Å²) >= 11 is 0. The van der Waals surface area contributed by atoms with Crippen molar-refractivity contribution >= 4 is 0 Å². The van der Waals surface area contributed by atoms with E-state index in [0.717, 1.165) is 0 Å². The summed E-state index contributed by atoms with van der Waals surface area (Å²) in [5.41, 5.74) is 10.0. The summed E-state index contributed by atoms with van der Waals surface area (Å²) < 4.78 is 0. The average Bonchev–Trinajstić information content (AvgIpc) is 1.96. The lowest BCUT2D eigenvalue weighted by Gasteiger charge is -1.69. The molecule has 0 heterocycles. The van der Waals surface area contributed by atoms with Gasteiger partial charge in [0.25, 0.3) is 0 Å². The summed E-state index contributed by atoms with van der Waals surface area (Å²) in [6.45, 7) is 0. The molecule has 0 aliphatic carbocycles. The highest BCUT2D eigenvalue weighted by Crippen LogP contribution is 1.79. The molecular weight excluding hydrogens is 171 g/mol. The van der Waals surface area contributed by atoms with Gasteiger partial charge in [-0.1, -0.05) is 36.4 Å². The second-order valence-corrected chi connectivity index (χ2v) is 1.15. The molecule has 0 saturated carbocycles. The van der Waals surface area contributed by atoms with Crippen molar-refractivity contribution in [3.8, 4) is 0 Å². The van der Waals surface area contributed by atoms with Crippen LogP contribution in [0.3, 0.4) is 0 Å². The van der Waals surface area contributed by atoms with E-state index < -0.39 is 0 Å². The molecule has 58 valence electrons. The minimum atomic E-state index is 0. The Hall–Kier alpha value is -0.600. The molecule has 1 aromatic carbocycles. The van der Waals surface area contributed by atoms with Crippen LogP contribution in [0.15, 0.2) is 36.4 Å². The van der Waals surface area contributed by atoms with Crippen LogP contribution >= 0.6 is 0 Å². The fourth-order valence-electron chi connectivity index (χ4n) is 0.385. The molecule has 0 spiro atoms. The molecule has 1 aromatic rings. The van der Waals surface area contributed by atoms with Crippen molar-refractivity contribution in [3.05, 3.63) is 41.9 Å². The van der Waals surface area contributed by atoms with E-state index in [1.807, 2.05) is 36.4 Å². The van der Waals surface area contributed by atoms with Crippen LogP contribution in [-0.2, 0) is 0 Å². The van der Waals surface area contributed by atoms with Gasteiger partial charge < -0.3 is 35.9 Å². The van der Waals surface area contributed by atoms with Crippen molar-refractivity contribution in [2.45, 2.75) is 0 Å². The minimum Gasteiger partial charge on any atom is -1.00 e. The zero-order valence-corrected chi connectivity index (χ0v) is 6.76. The molecule has 0 bridgehead atoms. The molecule has 10 heavy (non-hydrogen) atoms. The second-order valence-electron chi connectivity index (χ2n) is 1.15. The van der Waals surface area contributed by atoms with Gasteiger partial charge in [0.2, 0.25) is 0 Å². The molecule has 1 rings (SSSR count). The normalized spacial score (nSPS) is 5.20. The zero-order chi connectivity index (χ0) is 6.24. The summed E-state index contributed by atoms with van der Waals surface area (Å²) in [5, 5.41) is 0. The van der Waals surface area contributed by atoms with Crippen LogP contribution in [0.2, 0.25) is 0 Å². The van der Waals surface area contributed by atoms with Crippen LogP contribution in [-0.4, -0.2) is 0 Å². The molecule has 0 radical (unpaired) electrons. The Morgan fingerprint density at radius 3 is 0.800 bits per heavy atom. The Kier molecular flexibility index (Phi) is 25.5. The van der Waals surface area contributed by atoms with Crippen LogP contribution in [0.25, 0.3) is 5.53 Å². The van der Waals surface area contributed by atoms with Gasteiger partial charge in [0, 0.05) is 0 Å². The van der Waals surface area contributed by atoms with E-state index in [1.165, 1.54) is 0 Å². The van der Waals surface area contributed by atoms with Crippen molar-refractivity contribution in [1.29, 1.82) is 0 Å². The fraction of sp³-hybridized carbons (Fsp3) is 0. The predicted molar refractivity (Wildman–Crippen MR) is 31.7 cm³/mol. The first-order valence-corrected chi connectivity index (χ1v) is 2.26.